The van der Waals surface area contributed by atoms with E-state index in [2.05, 4.69) is 6.92 Å². The average Bonchev–Trinajstić information content (AvgIpc) is 3.01. The first-order valence-corrected chi connectivity index (χ1v) is 6.38. The normalized spacial score (nSPS) is 36.5. The van der Waals surface area contributed by atoms with E-state index in [1.807, 2.05) is 0 Å². The van der Waals surface area contributed by atoms with Gasteiger partial charge in [0.2, 0.25) is 0 Å². The molecule has 0 atom stereocenters. The van der Waals surface area contributed by atoms with E-state index >= 15 is 0 Å². The Kier molecular flexibility index (Phi) is 3.03. The third kappa shape index (κ3) is 2.35. The van der Waals surface area contributed by atoms with Crippen molar-refractivity contribution in [3.8, 4) is 0 Å². The van der Waals surface area contributed by atoms with Crippen LogP contribution in [0.1, 0.15) is 58.3 Å². The van der Waals surface area contributed by atoms with Crippen molar-refractivity contribution >= 4 is 5.97 Å². The Labute approximate surface area is 92.1 Å². The van der Waals surface area contributed by atoms with Gasteiger partial charge >= 0.3 is 5.97 Å². The zero-order valence-corrected chi connectivity index (χ0v) is 9.67. The highest BCUT2D eigenvalue weighted by Gasteiger charge is 2.47. The van der Waals surface area contributed by atoms with Crippen LogP contribution in [0.5, 0.6) is 0 Å². The van der Waals surface area contributed by atoms with Crippen molar-refractivity contribution in [1.29, 1.82) is 0 Å². The Morgan fingerprint density at radius 2 is 1.87 bits per heavy atom. The first-order valence-electron chi connectivity index (χ1n) is 6.38. The van der Waals surface area contributed by atoms with Gasteiger partial charge in [-0.1, -0.05) is 13.3 Å². The molecule has 2 rings (SSSR count). The smallest absolute Gasteiger partial charge is 0.303 e. The van der Waals surface area contributed by atoms with Crippen LogP contribution in [0.3, 0.4) is 0 Å². The van der Waals surface area contributed by atoms with Gasteiger partial charge in [0, 0.05) is 0 Å². The third-order valence-corrected chi connectivity index (χ3v) is 4.62. The molecule has 0 spiro atoms. The summed E-state index contributed by atoms with van der Waals surface area (Å²) in [6.45, 7) is 2.26. The summed E-state index contributed by atoms with van der Waals surface area (Å²) < 4.78 is 0. The van der Waals surface area contributed by atoms with Crippen LogP contribution < -0.4 is 0 Å². The summed E-state index contributed by atoms with van der Waals surface area (Å²) in [5.41, 5.74) is 0.192. The van der Waals surface area contributed by atoms with Crippen LogP contribution in [-0.4, -0.2) is 11.1 Å². The molecule has 0 aliphatic heterocycles. The first-order chi connectivity index (χ1) is 7.16. The van der Waals surface area contributed by atoms with Crippen LogP contribution in [0.25, 0.3) is 0 Å². The molecule has 2 nitrogen and oxygen atoms in total. The number of carboxylic acid groups (broad SMARTS) is 1. The van der Waals surface area contributed by atoms with Crippen LogP contribution in [-0.2, 0) is 4.79 Å². The average molecular weight is 210 g/mol. The molecule has 0 amide bonds. The molecule has 0 aromatic rings. The van der Waals surface area contributed by atoms with Crippen molar-refractivity contribution in [3.63, 3.8) is 0 Å². The molecular formula is C13H22O2. The number of rotatable bonds is 4. The molecule has 2 aliphatic carbocycles. The Bertz CT molecular complexity index is 235. The lowest BCUT2D eigenvalue weighted by Gasteiger charge is -2.39. The molecule has 1 N–H and O–H groups in total. The number of hydrogen-bond acceptors (Lipinski definition) is 1. The van der Waals surface area contributed by atoms with E-state index in [-0.39, 0.29) is 5.41 Å². The van der Waals surface area contributed by atoms with Gasteiger partial charge in [-0.25, -0.2) is 0 Å². The van der Waals surface area contributed by atoms with Crippen molar-refractivity contribution in [2.45, 2.75) is 58.3 Å². The van der Waals surface area contributed by atoms with Gasteiger partial charge in [-0.15, -0.1) is 0 Å². The standard InChI is InChI=1S/C13H22O2/c1-2-10-5-7-13(8-6-10,9-12(14)15)11-3-4-11/h10-11H,2-9H2,1H3,(H,14,15). The largest absolute Gasteiger partial charge is 0.481 e. The van der Waals surface area contributed by atoms with Crippen LogP contribution in [0.4, 0.5) is 0 Å². The summed E-state index contributed by atoms with van der Waals surface area (Å²) in [6, 6.07) is 0. The highest BCUT2D eigenvalue weighted by molar-refractivity contribution is 5.67. The highest BCUT2D eigenvalue weighted by Crippen LogP contribution is 2.56. The highest BCUT2D eigenvalue weighted by atomic mass is 16.4. The molecule has 0 radical (unpaired) electrons. The van der Waals surface area contributed by atoms with E-state index in [1.165, 1.54) is 44.9 Å². The summed E-state index contributed by atoms with van der Waals surface area (Å²) in [6.07, 6.45) is 9.13. The topological polar surface area (TPSA) is 37.3 Å². The molecular weight excluding hydrogens is 188 g/mol. The summed E-state index contributed by atoms with van der Waals surface area (Å²) >= 11 is 0. The minimum absolute atomic E-state index is 0.192. The maximum absolute atomic E-state index is 11.0. The summed E-state index contributed by atoms with van der Waals surface area (Å²) in [5, 5.41) is 9.03. The fourth-order valence-electron chi connectivity index (χ4n) is 3.39. The van der Waals surface area contributed by atoms with Gasteiger partial charge in [-0.05, 0) is 55.8 Å². The zero-order valence-electron chi connectivity index (χ0n) is 9.67. The van der Waals surface area contributed by atoms with Crippen molar-refractivity contribution in [1.82, 2.24) is 0 Å². The van der Waals surface area contributed by atoms with Gasteiger partial charge in [0.05, 0.1) is 6.42 Å². The minimum Gasteiger partial charge on any atom is -0.481 e. The second-order valence-electron chi connectivity index (χ2n) is 5.56. The van der Waals surface area contributed by atoms with Gasteiger partial charge in [0.1, 0.15) is 0 Å². The van der Waals surface area contributed by atoms with Crippen molar-refractivity contribution < 1.29 is 9.90 Å². The monoisotopic (exact) mass is 210 g/mol. The van der Waals surface area contributed by atoms with Gasteiger partial charge in [0.15, 0.2) is 0 Å². The molecule has 0 aromatic carbocycles. The molecule has 0 unspecified atom stereocenters. The van der Waals surface area contributed by atoms with E-state index in [0.717, 1.165) is 11.8 Å². The van der Waals surface area contributed by atoms with Gasteiger partial charge in [-0.2, -0.15) is 0 Å². The predicted octanol–water partition coefficient (Wildman–Crippen LogP) is 3.46. The van der Waals surface area contributed by atoms with Crippen LogP contribution in [0, 0.1) is 17.3 Å². The molecule has 2 aliphatic rings. The summed E-state index contributed by atoms with van der Waals surface area (Å²) in [7, 11) is 0. The molecule has 2 fully saturated rings. The minimum atomic E-state index is -0.586. The lowest BCUT2D eigenvalue weighted by Crippen LogP contribution is -2.32. The Hall–Kier alpha value is -0.530. The van der Waals surface area contributed by atoms with Crippen molar-refractivity contribution in [2.75, 3.05) is 0 Å². The zero-order chi connectivity index (χ0) is 10.9. The second kappa shape index (κ2) is 4.15. The molecule has 2 heteroatoms. The molecule has 0 heterocycles. The van der Waals surface area contributed by atoms with Crippen LogP contribution >= 0.6 is 0 Å². The van der Waals surface area contributed by atoms with E-state index in [0.29, 0.717) is 6.42 Å². The number of aliphatic carboxylic acids is 1. The van der Waals surface area contributed by atoms with Gasteiger partial charge in [-0.3, -0.25) is 4.79 Å². The van der Waals surface area contributed by atoms with Crippen LogP contribution in [0.15, 0.2) is 0 Å². The molecule has 2 saturated carbocycles. The summed E-state index contributed by atoms with van der Waals surface area (Å²) in [4.78, 5) is 11.0. The van der Waals surface area contributed by atoms with Gasteiger partial charge < -0.3 is 5.11 Å². The van der Waals surface area contributed by atoms with E-state index in [4.69, 9.17) is 5.11 Å². The lowest BCUT2D eigenvalue weighted by atomic mass is 9.65. The fraction of sp³-hybridized carbons (Fsp3) is 0.923. The Morgan fingerprint density at radius 1 is 1.27 bits per heavy atom. The number of hydrogen-bond donors (Lipinski definition) is 1. The van der Waals surface area contributed by atoms with Crippen molar-refractivity contribution in [3.05, 3.63) is 0 Å². The molecule has 0 bridgehead atoms. The molecule has 0 aromatic heterocycles. The number of carboxylic acids is 1. The summed E-state index contributed by atoms with van der Waals surface area (Å²) in [5.74, 6) is 1.02. The van der Waals surface area contributed by atoms with Crippen LogP contribution in [0.2, 0.25) is 0 Å². The van der Waals surface area contributed by atoms with Crippen molar-refractivity contribution in [2.24, 2.45) is 17.3 Å². The van der Waals surface area contributed by atoms with E-state index in [9.17, 15) is 4.79 Å². The Balaban J connectivity index is 1.98. The van der Waals surface area contributed by atoms with E-state index < -0.39 is 5.97 Å². The molecule has 86 valence electrons. The SMILES string of the molecule is CCC1CCC(CC(=O)O)(C2CC2)CC1. The quantitative estimate of drug-likeness (QED) is 0.771. The van der Waals surface area contributed by atoms with E-state index in [1.54, 1.807) is 0 Å². The molecule has 15 heavy (non-hydrogen) atoms. The third-order valence-electron chi connectivity index (χ3n) is 4.62. The lowest BCUT2D eigenvalue weighted by molar-refractivity contribution is -0.141. The molecule has 0 saturated heterocycles. The fourth-order valence-corrected chi connectivity index (χ4v) is 3.39. The number of carbonyl (C=O) groups is 1. The maximum Gasteiger partial charge on any atom is 0.303 e. The van der Waals surface area contributed by atoms with Gasteiger partial charge in [0.25, 0.3) is 0 Å². The first kappa shape index (κ1) is 11.0. The predicted molar refractivity (Wildman–Crippen MR) is 59.7 cm³/mol. The maximum atomic E-state index is 11.0. The Morgan fingerprint density at radius 3 is 2.27 bits per heavy atom. The second-order valence-corrected chi connectivity index (χ2v) is 5.56.